The topological polar surface area (TPSA) is 52.0 Å². The van der Waals surface area contributed by atoms with Crippen LogP contribution in [0, 0.1) is 6.92 Å². The predicted molar refractivity (Wildman–Crippen MR) is 41.3 cm³/mol. The summed E-state index contributed by atoms with van der Waals surface area (Å²) in [6.45, 7) is -1.52. The lowest BCUT2D eigenvalue weighted by Gasteiger charge is -2.01. The van der Waals surface area contributed by atoms with Crippen LogP contribution in [-0.4, -0.2) is 24.5 Å². The third-order valence-corrected chi connectivity index (χ3v) is 2.78. The van der Waals surface area contributed by atoms with Gasteiger partial charge in [-0.1, -0.05) is 0 Å². The Labute approximate surface area is 74.1 Å². The second-order valence-electron chi connectivity index (χ2n) is 2.59. The van der Waals surface area contributed by atoms with Gasteiger partial charge in [-0.25, -0.2) is 13.1 Å². The van der Waals surface area contributed by atoms with E-state index in [2.05, 4.69) is 5.10 Å². The van der Waals surface area contributed by atoms with Crippen molar-refractivity contribution in [3.8, 4) is 0 Å². The van der Waals surface area contributed by atoms with Gasteiger partial charge < -0.3 is 0 Å². The zero-order valence-corrected chi connectivity index (χ0v) is 7.85. The first-order chi connectivity index (χ1) is 5.84. The lowest BCUT2D eigenvalue weighted by Crippen LogP contribution is -2.04. The second kappa shape index (κ2) is 3.06. The molecule has 0 saturated heterocycles. The van der Waals surface area contributed by atoms with Gasteiger partial charge in [0.05, 0.1) is 11.9 Å². The molecule has 0 unspecified atom stereocenters. The van der Waals surface area contributed by atoms with Gasteiger partial charge in [0, 0.05) is 6.26 Å². The van der Waals surface area contributed by atoms with Crippen LogP contribution in [0.25, 0.3) is 0 Å². The molecule has 0 atom stereocenters. The molecule has 0 aliphatic carbocycles. The Hall–Kier alpha value is -0.980. The molecule has 7 heteroatoms. The first kappa shape index (κ1) is 10.1. The summed E-state index contributed by atoms with van der Waals surface area (Å²) in [4.78, 5) is -0.159. The maximum atomic E-state index is 12.1. The molecule has 4 nitrogen and oxygen atoms in total. The number of halogens is 2. The number of sulfone groups is 1. The summed E-state index contributed by atoms with van der Waals surface area (Å²) in [6, 6.07) is 0. The van der Waals surface area contributed by atoms with Crippen molar-refractivity contribution in [2.45, 2.75) is 18.4 Å². The van der Waals surface area contributed by atoms with E-state index >= 15 is 0 Å². The number of rotatable bonds is 2. The van der Waals surface area contributed by atoms with Crippen molar-refractivity contribution in [1.82, 2.24) is 9.78 Å². The molecule has 0 spiro atoms. The number of hydrogen-bond acceptors (Lipinski definition) is 3. The van der Waals surface area contributed by atoms with Crippen molar-refractivity contribution in [3.05, 3.63) is 11.9 Å². The highest BCUT2D eigenvalue weighted by atomic mass is 32.2. The fourth-order valence-electron chi connectivity index (χ4n) is 0.968. The molecular formula is C6H8F2N2O2S. The van der Waals surface area contributed by atoms with Gasteiger partial charge in [-0.2, -0.15) is 13.9 Å². The number of alkyl halides is 2. The molecule has 0 radical (unpaired) electrons. The summed E-state index contributed by atoms with van der Waals surface area (Å²) in [6.07, 6.45) is 1.88. The van der Waals surface area contributed by atoms with Gasteiger partial charge in [0.25, 0.3) is 0 Å². The van der Waals surface area contributed by atoms with E-state index in [1.807, 2.05) is 0 Å². The van der Waals surface area contributed by atoms with Gasteiger partial charge in [-0.3, -0.25) is 0 Å². The van der Waals surface area contributed by atoms with Gasteiger partial charge in [-0.05, 0) is 6.92 Å². The SMILES string of the molecule is Cc1c(S(C)(=O)=O)cnn1C(F)F. The molecule has 0 aliphatic rings. The molecule has 1 rings (SSSR count). The van der Waals surface area contributed by atoms with Crippen LogP contribution in [0.2, 0.25) is 0 Å². The van der Waals surface area contributed by atoms with Crippen molar-refractivity contribution in [3.63, 3.8) is 0 Å². The fourth-order valence-corrected chi connectivity index (χ4v) is 1.84. The highest BCUT2D eigenvalue weighted by Crippen LogP contribution is 2.18. The smallest absolute Gasteiger partial charge is 0.224 e. The zero-order chi connectivity index (χ0) is 10.2. The monoisotopic (exact) mass is 210 g/mol. The molecule has 1 heterocycles. The molecule has 74 valence electrons. The first-order valence-electron chi connectivity index (χ1n) is 3.36. The summed E-state index contributed by atoms with van der Waals surface area (Å²) in [7, 11) is -3.46. The van der Waals surface area contributed by atoms with Crippen molar-refractivity contribution >= 4 is 9.84 Å². The highest BCUT2D eigenvalue weighted by Gasteiger charge is 2.19. The summed E-state index contributed by atoms with van der Waals surface area (Å²) in [5, 5.41) is 3.27. The fraction of sp³-hybridized carbons (Fsp3) is 0.500. The normalized spacial score (nSPS) is 12.4. The minimum atomic E-state index is -3.46. The number of nitrogens with zero attached hydrogens (tertiary/aromatic N) is 2. The zero-order valence-electron chi connectivity index (χ0n) is 7.03. The molecule has 0 saturated carbocycles. The second-order valence-corrected chi connectivity index (χ2v) is 4.57. The van der Waals surface area contributed by atoms with Crippen LogP contribution in [0.3, 0.4) is 0 Å². The third kappa shape index (κ3) is 1.85. The van der Waals surface area contributed by atoms with E-state index in [-0.39, 0.29) is 10.6 Å². The van der Waals surface area contributed by atoms with Crippen molar-refractivity contribution in [2.24, 2.45) is 0 Å². The Kier molecular flexibility index (Phi) is 2.38. The minimum Gasteiger partial charge on any atom is -0.224 e. The molecular weight excluding hydrogens is 202 g/mol. The molecule has 0 bridgehead atoms. The Balaban J connectivity index is 3.30. The van der Waals surface area contributed by atoms with Gasteiger partial charge in [-0.15, -0.1) is 0 Å². The van der Waals surface area contributed by atoms with Crippen LogP contribution in [0.4, 0.5) is 8.78 Å². The first-order valence-corrected chi connectivity index (χ1v) is 5.25. The Morgan fingerprint density at radius 2 is 2.08 bits per heavy atom. The Morgan fingerprint density at radius 1 is 1.54 bits per heavy atom. The van der Waals surface area contributed by atoms with Crippen LogP contribution in [-0.2, 0) is 9.84 Å². The van der Waals surface area contributed by atoms with Crippen LogP contribution in [0.1, 0.15) is 12.2 Å². The van der Waals surface area contributed by atoms with E-state index in [0.29, 0.717) is 4.68 Å². The molecule has 0 N–H and O–H groups in total. The maximum absolute atomic E-state index is 12.1. The van der Waals surface area contributed by atoms with Gasteiger partial charge >= 0.3 is 6.55 Å². The lowest BCUT2D eigenvalue weighted by molar-refractivity contribution is 0.0541. The number of aromatic nitrogens is 2. The summed E-state index contributed by atoms with van der Waals surface area (Å²) < 4.78 is 46.6. The lowest BCUT2D eigenvalue weighted by atomic mass is 10.5. The quantitative estimate of drug-likeness (QED) is 0.731. The van der Waals surface area contributed by atoms with Crippen LogP contribution >= 0.6 is 0 Å². The van der Waals surface area contributed by atoms with Crippen LogP contribution in [0.15, 0.2) is 11.1 Å². The van der Waals surface area contributed by atoms with Gasteiger partial charge in [0.15, 0.2) is 9.84 Å². The average molecular weight is 210 g/mol. The predicted octanol–water partition coefficient (Wildman–Crippen LogP) is 0.990. The Bertz CT molecular complexity index is 410. The van der Waals surface area contributed by atoms with Crippen LogP contribution in [0.5, 0.6) is 0 Å². The van der Waals surface area contributed by atoms with E-state index in [0.717, 1.165) is 12.5 Å². The standard InChI is InChI=1S/C6H8F2N2O2S/c1-4-5(13(2,11)12)3-9-10(4)6(7)8/h3,6H,1-2H3. The molecule has 1 aromatic rings. The molecule has 0 aliphatic heterocycles. The largest absolute Gasteiger partial charge is 0.333 e. The molecule has 0 fully saturated rings. The van der Waals surface area contributed by atoms with E-state index in [4.69, 9.17) is 0 Å². The molecule has 0 aromatic carbocycles. The number of hydrogen-bond donors (Lipinski definition) is 0. The van der Waals surface area contributed by atoms with E-state index in [1.54, 1.807) is 0 Å². The maximum Gasteiger partial charge on any atom is 0.333 e. The van der Waals surface area contributed by atoms with E-state index < -0.39 is 16.4 Å². The van der Waals surface area contributed by atoms with Crippen molar-refractivity contribution in [1.29, 1.82) is 0 Å². The van der Waals surface area contributed by atoms with Crippen LogP contribution < -0.4 is 0 Å². The molecule has 13 heavy (non-hydrogen) atoms. The summed E-state index contributed by atoms with van der Waals surface area (Å²) in [5.41, 5.74) is -0.0440. The van der Waals surface area contributed by atoms with Gasteiger partial charge in [0.1, 0.15) is 4.90 Å². The average Bonchev–Trinajstić information content (AvgIpc) is 2.28. The third-order valence-electron chi connectivity index (χ3n) is 1.58. The Morgan fingerprint density at radius 3 is 2.31 bits per heavy atom. The van der Waals surface area contributed by atoms with Gasteiger partial charge in [0.2, 0.25) is 0 Å². The minimum absolute atomic E-state index is 0.0440. The van der Waals surface area contributed by atoms with E-state index in [9.17, 15) is 17.2 Å². The van der Waals surface area contributed by atoms with Crippen molar-refractivity contribution < 1.29 is 17.2 Å². The highest BCUT2D eigenvalue weighted by molar-refractivity contribution is 7.90. The summed E-state index contributed by atoms with van der Waals surface area (Å²) in [5.74, 6) is 0. The summed E-state index contributed by atoms with van der Waals surface area (Å²) >= 11 is 0. The van der Waals surface area contributed by atoms with Crippen molar-refractivity contribution in [2.75, 3.05) is 6.26 Å². The molecule has 0 amide bonds. The molecule has 1 aromatic heterocycles. The van der Waals surface area contributed by atoms with E-state index in [1.165, 1.54) is 6.92 Å².